The maximum absolute atomic E-state index is 11.4. The first-order valence-electron chi connectivity index (χ1n) is 29.8. The van der Waals surface area contributed by atoms with Crippen LogP contribution in [-0.2, 0) is 71.3 Å². The Hall–Kier alpha value is -6.87. The molecule has 5 N–H and O–H groups in total. The van der Waals surface area contributed by atoms with Gasteiger partial charge in [0, 0.05) is 127 Å². The molecule has 6 aromatic carbocycles. The zero-order valence-corrected chi connectivity index (χ0v) is 66.3. The largest absolute Gasteiger partial charge is 1.00 e. The van der Waals surface area contributed by atoms with E-state index in [2.05, 4.69) is 87.8 Å². The number of esters is 3. The Morgan fingerprint density at radius 3 is 1.24 bits per heavy atom. The fraction of sp³-hybridized carbons (Fsp3) is 0.254. The van der Waals surface area contributed by atoms with Crippen molar-refractivity contribution in [2.45, 2.75) is 44.8 Å². The number of rotatable bonds is 13. The summed E-state index contributed by atoms with van der Waals surface area (Å²) in [4.78, 5) is 75.9. The van der Waals surface area contributed by atoms with Crippen molar-refractivity contribution in [3.05, 3.63) is 241 Å². The average molecular weight is 1660 g/mol. The van der Waals surface area contributed by atoms with E-state index in [0.29, 0.717) is 23.1 Å². The second kappa shape index (κ2) is 59.4. The number of ether oxygens (including phenoxy) is 5. The van der Waals surface area contributed by atoms with Crippen LogP contribution in [-0.4, -0.2) is 175 Å². The first kappa shape index (κ1) is 98.2. The smallest absolute Gasteiger partial charge is 1.00 e. The monoisotopic (exact) mass is 1660 g/mol. The Labute approximate surface area is 664 Å². The summed E-state index contributed by atoms with van der Waals surface area (Å²) in [5, 5.41) is 34.6. The molecule has 0 bridgehead atoms. The molecule has 1 aliphatic heterocycles. The van der Waals surface area contributed by atoms with Crippen LogP contribution in [0.25, 0.3) is 45.0 Å². The summed E-state index contributed by atoms with van der Waals surface area (Å²) in [5.74, 6) is 0.325. The van der Waals surface area contributed by atoms with Crippen LogP contribution in [0.3, 0.4) is 0 Å². The molecule has 10 aromatic rings. The van der Waals surface area contributed by atoms with Crippen molar-refractivity contribution in [2.75, 3.05) is 51.9 Å². The molecule has 549 valence electrons. The van der Waals surface area contributed by atoms with Crippen LogP contribution in [0, 0.1) is 0 Å². The summed E-state index contributed by atoms with van der Waals surface area (Å²) in [6.45, 7) is 3.54. The molecular formula is C71H83AlCl5ILiN8O15S. The number of ketones is 2. The van der Waals surface area contributed by atoms with Gasteiger partial charge in [0.25, 0.3) is 6.29 Å². The molecule has 1 aliphatic rings. The number of carbonyl (C=O) groups is 5. The predicted octanol–water partition coefficient (Wildman–Crippen LogP) is 10.4. The fourth-order valence-electron chi connectivity index (χ4n) is 7.69. The van der Waals surface area contributed by atoms with Gasteiger partial charge in [0.15, 0.2) is 5.78 Å². The van der Waals surface area contributed by atoms with Crippen molar-refractivity contribution < 1.29 is 92.6 Å². The average Bonchev–Trinajstić information content (AvgIpc) is 1.79. The topological polar surface area (TPSA) is 312 Å². The number of imidazole rings is 4. The summed E-state index contributed by atoms with van der Waals surface area (Å²) in [6.07, 6.45) is 6.54. The Balaban J connectivity index is -0.00000111. The van der Waals surface area contributed by atoms with Gasteiger partial charge in [0.1, 0.15) is 18.3 Å². The van der Waals surface area contributed by atoms with E-state index in [1.807, 2.05) is 198 Å². The number of hydrogen-bond acceptors (Lipinski definition) is 19. The van der Waals surface area contributed by atoms with Crippen LogP contribution in [0.15, 0.2) is 207 Å². The zero-order chi connectivity index (χ0) is 75.5. The van der Waals surface area contributed by atoms with Gasteiger partial charge in [-0.3, -0.25) is 9.59 Å². The van der Waals surface area contributed by atoms with Crippen molar-refractivity contribution in [1.82, 2.24) is 38.6 Å². The van der Waals surface area contributed by atoms with Gasteiger partial charge in [0.05, 0.1) is 61.5 Å². The SMILES string of the molecule is C1CCOC1.CC(=O)c1ccccc1.CI.COC(=O)C(O)OC.COC(=O)c1nc(-c2ccccc2)cn1C.COC(=O)c1ncc(-c2ccccc2)[nH]1.ClCCl.Cn1cc(-c2ccccc2)nc1CCl.Cn1cc(-c2ccccc2)nc1CO.O=C(c1ccccc1)C(O)O.O=S(Cl)Cl.[Al].[H-].[Li+]. The molecule has 1 saturated heterocycles. The van der Waals surface area contributed by atoms with Gasteiger partial charge in [-0.25, -0.2) is 38.5 Å². The number of aromatic nitrogens is 8. The van der Waals surface area contributed by atoms with Gasteiger partial charge < -0.3 is 64.2 Å². The van der Waals surface area contributed by atoms with Gasteiger partial charge in [-0.2, -0.15) is 0 Å². The number of alkyl halides is 4. The first-order chi connectivity index (χ1) is 48.5. The summed E-state index contributed by atoms with van der Waals surface area (Å²) < 4.78 is 37.0. The number of aromatic amines is 1. The number of aryl methyl sites for hydroxylation is 3. The number of halogens is 6. The number of aliphatic hydroxyl groups is 4. The molecule has 5 heterocycles. The second-order valence-corrected chi connectivity index (χ2v) is 23.1. The molecule has 32 heteroatoms. The van der Waals surface area contributed by atoms with E-state index in [-0.39, 0.29) is 61.2 Å². The molecule has 0 aliphatic carbocycles. The minimum atomic E-state index is -1.91. The van der Waals surface area contributed by atoms with Gasteiger partial charge in [-0.15, -0.1) is 34.8 Å². The minimum absolute atomic E-state index is 0. The van der Waals surface area contributed by atoms with E-state index in [9.17, 15) is 24.0 Å². The molecule has 11 rings (SSSR count). The van der Waals surface area contributed by atoms with Crippen molar-refractivity contribution in [1.29, 1.82) is 0 Å². The third kappa shape index (κ3) is 40.3. The van der Waals surface area contributed by atoms with Gasteiger partial charge in [0.2, 0.25) is 32.9 Å². The van der Waals surface area contributed by atoms with E-state index in [4.69, 9.17) is 64.2 Å². The number of nitrogens with zero attached hydrogens (tertiary/aromatic N) is 7. The Morgan fingerprint density at radius 1 is 0.583 bits per heavy atom. The van der Waals surface area contributed by atoms with Crippen LogP contribution in [0.5, 0.6) is 0 Å². The first-order valence-corrected chi connectivity index (χ1v) is 36.4. The van der Waals surface area contributed by atoms with Gasteiger partial charge in [-0.1, -0.05) is 205 Å². The molecule has 0 saturated carbocycles. The van der Waals surface area contributed by atoms with Crippen LogP contribution < -0.4 is 18.9 Å². The molecule has 3 radical (unpaired) electrons. The number of hydrogen-bond donors (Lipinski definition) is 5. The molecular weight excluding hydrogens is 1570 g/mol. The maximum Gasteiger partial charge on any atom is 1.00 e. The molecule has 1 unspecified atom stereocenters. The quantitative estimate of drug-likeness (QED) is 0.0105. The number of benzene rings is 6. The number of Topliss-reactive ketones (excluding diaryl/α,β-unsaturated/α-hetero) is 2. The summed E-state index contributed by atoms with van der Waals surface area (Å²) in [7, 11) is 18.0. The van der Waals surface area contributed by atoms with Crippen LogP contribution >= 0.6 is 78.8 Å². The molecule has 0 spiro atoms. The predicted molar refractivity (Wildman–Crippen MR) is 412 cm³/mol. The van der Waals surface area contributed by atoms with E-state index in [1.54, 1.807) is 42.9 Å². The summed E-state index contributed by atoms with van der Waals surface area (Å²) >= 11 is 17.4. The normalized spacial score (nSPS) is 10.5. The molecule has 103 heavy (non-hydrogen) atoms. The molecule has 4 aromatic heterocycles. The maximum atomic E-state index is 11.4. The molecule has 23 nitrogen and oxygen atoms in total. The van der Waals surface area contributed by atoms with Gasteiger partial charge >= 0.3 is 36.8 Å². The van der Waals surface area contributed by atoms with Crippen molar-refractivity contribution in [3.8, 4) is 45.0 Å². The zero-order valence-electron chi connectivity index (χ0n) is 59.4. The van der Waals surface area contributed by atoms with Crippen LogP contribution in [0.1, 0.15) is 74.8 Å². The van der Waals surface area contributed by atoms with Crippen LogP contribution in [0.4, 0.5) is 0 Å². The van der Waals surface area contributed by atoms with Gasteiger partial charge in [-0.05, 0) is 30.3 Å². The third-order valence-corrected chi connectivity index (χ3v) is 12.9. The van der Waals surface area contributed by atoms with Crippen LogP contribution in [0.2, 0.25) is 0 Å². The van der Waals surface area contributed by atoms with E-state index in [0.717, 1.165) is 69.6 Å². The Bertz CT molecular complexity index is 3830. The number of H-pyrrole nitrogens is 1. The fourth-order valence-corrected chi connectivity index (χ4v) is 7.94. The second-order valence-electron chi connectivity index (χ2n) is 19.5. The molecule has 1 fully saturated rings. The Kier molecular flexibility index (Phi) is 56.6. The number of aliphatic hydroxyl groups excluding tert-OH is 3. The molecule has 1 atom stereocenters. The summed E-state index contributed by atoms with van der Waals surface area (Å²) in [6, 6.07) is 56.7. The number of carbonyl (C=O) groups excluding carboxylic acids is 5. The number of methoxy groups -OCH3 is 4. The Morgan fingerprint density at radius 2 is 0.942 bits per heavy atom. The standard InChI is InChI=1S/C12H12N2O2.C11H11ClN2.C11H10N2O2.C11H12N2O.C8H8O3.C8H8O.C4H8O4.C4H8O.CH2Cl2.CH3I.Al.Cl2OS.Li.H/c1-14-8-10(9-6-4-3-5-7-9)13-11(14)12(15)16-2;1-14-8-10(13-11(14)7-12)9-5-3-2-4-6-9;1-15-11(14)10-12-7-9(13-10)8-5-3-2-4-6-8;1-13-7-10(12-11(13)8-14)9-5-3-2-4-6-9;9-7(8(10)11)6-4-2-1-3-5-6;1-7(9)8-5-3-2-4-6-8;1-7-3(5)4(6)8-2;1-2-4-5-3-1;2-1-3;1-2;;1-4(2)3;;/h3-8H,1-2H3;2-6,8H,7H2,1H3;2-7H,1H3,(H,12,13);2-7,14H,8H2,1H3;1-5,8,10-11H;2-6H,1H3;3,5H,1-2H3;1-4H2;1H2;1H3;;;;/q;;;;;;;;;;;;+1;-1. The third-order valence-electron chi connectivity index (χ3n) is 12.6. The van der Waals surface area contributed by atoms with E-state index >= 15 is 0 Å². The van der Waals surface area contributed by atoms with Crippen molar-refractivity contribution >= 4 is 135 Å². The van der Waals surface area contributed by atoms with E-state index in [1.165, 1.54) is 53.4 Å². The minimum Gasteiger partial charge on any atom is -1.00 e. The van der Waals surface area contributed by atoms with E-state index < -0.39 is 45.5 Å². The van der Waals surface area contributed by atoms with Crippen molar-refractivity contribution in [3.63, 3.8) is 0 Å². The van der Waals surface area contributed by atoms with Crippen molar-refractivity contribution in [2.24, 2.45) is 21.1 Å². The molecule has 0 amide bonds. The summed E-state index contributed by atoms with van der Waals surface area (Å²) in [5.41, 5.74) is 8.69. The number of nitrogens with one attached hydrogen (secondary N) is 1.